The van der Waals surface area contributed by atoms with E-state index in [2.05, 4.69) is 15.7 Å². The molecule has 1 aliphatic carbocycles. The van der Waals surface area contributed by atoms with Crippen molar-refractivity contribution in [2.24, 2.45) is 0 Å². The zero-order chi connectivity index (χ0) is 23.3. The molecule has 3 rings (SSSR count). The number of rotatable bonds is 6. The van der Waals surface area contributed by atoms with Crippen LogP contribution in [0.5, 0.6) is 0 Å². The van der Waals surface area contributed by atoms with Gasteiger partial charge < -0.3 is 15.4 Å². The Balaban J connectivity index is 1.58. The second kappa shape index (κ2) is 10.7. The first kappa shape index (κ1) is 24.5. The third kappa shape index (κ3) is 6.00. The molecule has 0 fully saturated rings. The van der Waals surface area contributed by atoms with Crippen molar-refractivity contribution in [1.82, 2.24) is 15.1 Å². The molecule has 2 aromatic rings. The summed E-state index contributed by atoms with van der Waals surface area (Å²) in [6.07, 6.45) is 2.35. The van der Waals surface area contributed by atoms with E-state index in [-0.39, 0.29) is 5.97 Å². The predicted octanol–water partition coefficient (Wildman–Crippen LogP) is 5.09. The van der Waals surface area contributed by atoms with Crippen molar-refractivity contribution < 1.29 is 22.7 Å². The molecule has 11 heteroatoms. The Labute approximate surface area is 194 Å². The van der Waals surface area contributed by atoms with E-state index in [0.29, 0.717) is 40.9 Å². The number of halogens is 3. The van der Waals surface area contributed by atoms with Gasteiger partial charge in [0.15, 0.2) is 10.8 Å². The molecular formula is C21H27F3N4O2S2. The van der Waals surface area contributed by atoms with Crippen molar-refractivity contribution >= 4 is 39.6 Å². The highest BCUT2D eigenvalue weighted by atomic mass is 32.1. The number of methoxy groups -OCH3 is 1. The quantitative estimate of drug-likeness (QED) is 0.335. The summed E-state index contributed by atoms with van der Waals surface area (Å²) < 4.78 is 44.7. The van der Waals surface area contributed by atoms with Crippen LogP contribution in [0.2, 0.25) is 0 Å². The average molecular weight is 489 g/mol. The molecule has 2 N–H and O–H groups in total. The van der Waals surface area contributed by atoms with Crippen molar-refractivity contribution in [3.05, 3.63) is 33.5 Å². The van der Waals surface area contributed by atoms with Crippen molar-refractivity contribution in [3.63, 3.8) is 0 Å². The number of alkyl halides is 3. The maximum Gasteiger partial charge on any atom is 0.435 e. The number of anilines is 1. The van der Waals surface area contributed by atoms with E-state index in [1.54, 1.807) is 6.92 Å². The molecule has 0 spiro atoms. The van der Waals surface area contributed by atoms with Crippen LogP contribution in [0, 0.1) is 6.92 Å². The van der Waals surface area contributed by atoms with Gasteiger partial charge in [0.05, 0.1) is 12.7 Å². The predicted molar refractivity (Wildman–Crippen MR) is 122 cm³/mol. The number of esters is 1. The lowest BCUT2D eigenvalue weighted by Crippen LogP contribution is -2.30. The molecule has 0 saturated carbocycles. The number of hydrogen-bond acceptors (Lipinski definition) is 5. The van der Waals surface area contributed by atoms with Crippen LogP contribution < -0.4 is 10.6 Å². The summed E-state index contributed by atoms with van der Waals surface area (Å²) in [5, 5.41) is 10.8. The van der Waals surface area contributed by atoms with Gasteiger partial charge in [0.1, 0.15) is 5.00 Å². The Hall–Kier alpha value is -2.14. The Bertz CT molecular complexity index is 969. The molecule has 32 heavy (non-hydrogen) atoms. The molecule has 0 bridgehead atoms. The lowest BCUT2D eigenvalue weighted by Gasteiger charge is -2.12. The second-order valence-corrected chi connectivity index (χ2v) is 9.25. The van der Waals surface area contributed by atoms with Crippen LogP contribution >= 0.6 is 23.6 Å². The minimum Gasteiger partial charge on any atom is -0.465 e. The molecule has 6 nitrogen and oxygen atoms in total. The van der Waals surface area contributed by atoms with Gasteiger partial charge in [0.25, 0.3) is 0 Å². The number of ether oxygens (including phenoxy) is 1. The van der Waals surface area contributed by atoms with Gasteiger partial charge in [-0.25, -0.2) is 4.79 Å². The van der Waals surface area contributed by atoms with E-state index in [4.69, 9.17) is 17.0 Å². The fourth-order valence-electron chi connectivity index (χ4n) is 3.78. The Morgan fingerprint density at radius 3 is 2.66 bits per heavy atom. The van der Waals surface area contributed by atoms with Crippen molar-refractivity contribution in [3.8, 4) is 0 Å². The SMILES string of the molecule is COC(=O)c1c(NC(=S)NCCCn2nc(C(F)(F)F)cc2C)sc2c1CCCCCC2. The van der Waals surface area contributed by atoms with Crippen molar-refractivity contribution in [2.75, 3.05) is 19.0 Å². The molecule has 2 heterocycles. The van der Waals surface area contributed by atoms with Crippen LogP contribution in [0.15, 0.2) is 6.07 Å². The lowest BCUT2D eigenvalue weighted by molar-refractivity contribution is -0.141. The highest BCUT2D eigenvalue weighted by Gasteiger charge is 2.34. The van der Waals surface area contributed by atoms with Crippen molar-refractivity contribution in [2.45, 2.75) is 64.6 Å². The van der Waals surface area contributed by atoms with Crippen LogP contribution in [-0.4, -0.2) is 34.5 Å². The van der Waals surface area contributed by atoms with Gasteiger partial charge in [-0.05, 0) is 62.9 Å². The number of aryl methyl sites for hydroxylation is 3. The van der Waals surface area contributed by atoms with Crippen LogP contribution in [0.4, 0.5) is 18.2 Å². The molecule has 0 aliphatic heterocycles. The number of nitrogens with zero attached hydrogens (tertiary/aromatic N) is 2. The third-order valence-corrected chi connectivity index (χ3v) is 6.85. The molecule has 0 radical (unpaired) electrons. The summed E-state index contributed by atoms with van der Waals surface area (Å²) in [5.74, 6) is -0.372. The van der Waals surface area contributed by atoms with E-state index in [1.807, 2.05) is 0 Å². The topological polar surface area (TPSA) is 68.2 Å². The van der Waals surface area contributed by atoms with Gasteiger partial charge >= 0.3 is 12.1 Å². The average Bonchev–Trinajstić information content (AvgIpc) is 3.24. The molecule has 0 atom stereocenters. The summed E-state index contributed by atoms with van der Waals surface area (Å²) in [6.45, 7) is 2.38. The zero-order valence-electron chi connectivity index (χ0n) is 18.1. The first-order valence-electron chi connectivity index (χ1n) is 10.6. The summed E-state index contributed by atoms with van der Waals surface area (Å²) in [4.78, 5) is 13.7. The molecular weight excluding hydrogens is 461 g/mol. The summed E-state index contributed by atoms with van der Waals surface area (Å²) >= 11 is 6.92. The number of carbonyl (C=O) groups excluding carboxylic acids is 1. The minimum atomic E-state index is -4.45. The van der Waals surface area contributed by atoms with Gasteiger partial charge in [0.2, 0.25) is 0 Å². The maximum absolute atomic E-state index is 12.8. The van der Waals surface area contributed by atoms with E-state index in [0.717, 1.165) is 43.7 Å². The smallest absolute Gasteiger partial charge is 0.435 e. The highest BCUT2D eigenvalue weighted by Crippen LogP contribution is 2.37. The van der Waals surface area contributed by atoms with E-state index < -0.39 is 11.9 Å². The molecule has 176 valence electrons. The van der Waals surface area contributed by atoms with Crippen LogP contribution in [0.25, 0.3) is 0 Å². The number of carbonyl (C=O) groups is 1. The number of thiocarbonyl (C=S) groups is 1. The minimum absolute atomic E-state index is 0.332. The van der Waals surface area contributed by atoms with Gasteiger partial charge in [-0.2, -0.15) is 18.3 Å². The number of fused-ring (bicyclic) bond motifs is 1. The van der Waals surface area contributed by atoms with Crippen molar-refractivity contribution in [1.29, 1.82) is 0 Å². The molecule has 0 amide bonds. The summed E-state index contributed by atoms with van der Waals surface area (Å²) in [7, 11) is 1.37. The van der Waals surface area contributed by atoms with Gasteiger partial charge in [-0.3, -0.25) is 4.68 Å². The Kier molecular flexibility index (Phi) is 8.16. The zero-order valence-corrected chi connectivity index (χ0v) is 19.7. The molecule has 0 unspecified atom stereocenters. The first-order valence-corrected chi connectivity index (χ1v) is 11.8. The second-order valence-electron chi connectivity index (χ2n) is 7.74. The normalized spacial score (nSPS) is 14.3. The highest BCUT2D eigenvalue weighted by molar-refractivity contribution is 7.80. The van der Waals surface area contributed by atoms with Gasteiger partial charge in [-0.15, -0.1) is 11.3 Å². The fourth-order valence-corrected chi connectivity index (χ4v) is 5.33. The number of aromatic nitrogens is 2. The third-order valence-electron chi connectivity index (χ3n) is 5.39. The van der Waals surface area contributed by atoms with Gasteiger partial charge in [-0.1, -0.05) is 12.8 Å². The molecule has 1 aliphatic rings. The Morgan fingerprint density at radius 2 is 2.00 bits per heavy atom. The molecule has 0 aromatic carbocycles. The van der Waals surface area contributed by atoms with Gasteiger partial charge in [0, 0.05) is 23.7 Å². The van der Waals surface area contributed by atoms with Crippen LogP contribution in [-0.2, 0) is 30.3 Å². The lowest BCUT2D eigenvalue weighted by atomic mass is 9.96. The Morgan fingerprint density at radius 1 is 1.28 bits per heavy atom. The first-order chi connectivity index (χ1) is 15.2. The maximum atomic E-state index is 12.8. The molecule has 2 aromatic heterocycles. The molecule has 0 saturated heterocycles. The fraction of sp³-hybridized carbons (Fsp3) is 0.571. The standard InChI is InChI=1S/C21H27F3N4O2S2/c1-13-12-16(21(22,23)24)27-28(13)11-7-10-25-20(31)26-18-17(19(29)30-2)14-8-5-3-4-6-9-15(14)32-18/h12H,3-11H2,1-2H3,(H2,25,26,31). The number of hydrogen-bond donors (Lipinski definition) is 2. The largest absolute Gasteiger partial charge is 0.465 e. The monoisotopic (exact) mass is 488 g/mol. The number of nitrogens with one attached hydrogen (secondary N) is 2. The van der Waals surface area contributed by atoms with E-state index >= 15 is 0 Å². The number of thiophene rings is 1. The van der Waals surface area contributed by atoms with Crippen LogP contribution in [0.3, 0.4) is 0 Å². The summed E-state index contributed by atoms with van der Waals surface area (Å²) in [5.41, 5.74) is 1.19. The van der Waals surface area contributed by atoms with E-state index in [1.165, 1.54) is 34.4 Å². The summed E-state index contributed by atoms with van der Waals surface area (Å²) in [6, 6.07) is 1.04. The van der Waals surface area contributed by atoms with E-state index in [9.17, 15) is 18.0 Å². The van der Waals surface area contributed by atoms with Crippen LogP contribution in [0.1, 0.15) is 64.3 Å².